The van der Waals surface area contributed by atoms with Crippen LogP contribution < -0.4 is 5.73 Å². The van der Waals surface area contributed by atoms with Gasteiger partial charge in [-0.3, -0.25) is 0 Å². The van der Waals surface area contributed by atoms with Crippen molar-refractivity contribution < 1.29 is 4.52 Å². The van der Waals surface area contributed by atoms with Crippen molar-refractivity contribution in [2.75, 3.05) is 5.73 Å². The molecule has 0 spiro atoms. The highest BCUT2D eigenvalue weighted by molar-refractivity contribution is 5.84. The van der Waals surface area contributed by atoms with Crippen LogP contribution in [0.4, 0.5) is 5.82 Å². The smallest absolute Gasteiger partial charge is 0.169 e. The Bertz CT molecular complexity index is 651. The highest BCUT2D eigenvalue weighted by Crippen LogP contribution is 2.25. The number of hydrogen-bond acceptors (Lipinski definition) is 3. The summed E-state index contributed by atoms with van der Waals surface area (Å²) in [6.45, 7) is 0. The van der Waals surface area contributed by atoms with Crippen molar-refractivity contribution >= 4 is 16.7 Å². The van der Waals surface area contributed by atoms with Crippen LogP contribution >= 0.6 is 0 Å². The number of benzene rings is 1. The standard InChI is InChI=1S/C12H11N3O/c1-15-5-4-8-2-3-9(6-10(8)15)11-7-12(13)14-16-11/h2-7H,1H3,(H2,13,14). The molecule has 80 valence electrons. The molecule has 0 unspecified atom stereocenters. The zero-order valence-electron chi connectivity index (χ0n) is 8.84. The van der Waals surface area contributed by atoms with E-state index in [1.807, 2.05) is 19.3 Å². The number of aromatic nitrogens is 2. The molecule has 0 aliphatic rings. The zero-order valence-corrected chi connectivity index (χ0v) is 8.84. The maximum Gasteiger partial charge on any atom is 0.169 e. The van der Waals surface area contributed by atoms with E-state index in [1.54, 1.807) is 6.07 Å². The van der Waals surface area contributed by atoms with Crippen LogP contribution in [0.2, 0.25) is 0 Å². The van der Waals surface area contributed by atoms with Gasteiger partial charge in [0.05, 0.1) is 0 Å². The van der Waals surface area contributed by atoms with E-state index in [2.05, 4.69) is 27.9 Å². The molecule has 0 fully saturated rings. The minimum Gasteiger partial charge on any atom is -0.381 e. The van der Waals surface area contributed by atoms with Crippen molar-refractivity contribution in [1.82, 2.24) is 9.72 Å². The van der Waals surface area contributed by atoms with Crippen molar-refractivity contribution in [3.63, 3.8) is 0 Å². The predicted molar refractivity (Wildman–Crippen MR) is 62.8 cm³/mol. The molecule has 2 N–H and O–H groups in total. The SMILES string of the molecule is Cn1ccc2ccc(-c3cc(N)no3)cc21. The summed E-state index contributed by atoms with van der Waals surface area (Å²) in [5, 5.41) is 4.89. The molecule has 2 aromatic heterocycles. The van der Waals surface area contributed by atoms with Crippen molar-refractivity contribution in [3.05, 3.63) is 36.5 Å². The number of anilines is 1. The number of fused-ring (bicyclic) bond motifs is 1. The monoisotopic (exact) mass is 213 g/mol. The molecular formula is C12H11N3O. The summed E-state index contributed by atoms with van der Waals surface area (Å²) in [5.74, 6) is 1.10. The fourth-order valence-corrected chi connectivity index (χ4v) is 1.84. The van der Waals surface area contributed by atoms with Crippen LogP contribution in [0.1, 0.15) is 0 Å². The number of nitrogens with two attached hydrogens (primary N) is 1. The first-order valence-corrected chi connectivity index (χ1v) is 5.02. The first-order valence-electron chi connectivity index (χ1n) is 5.02. The number of nitrogen functional groups attached to an aromatic ring is 1. The largest absolute Gasteiger partial charge is 0.381 e. The van der Waals surface area contributed by atoms with Gasteiger partial charge in [-0.1, -0.05) is 17.3 Å². The van der Waals surface area contributed by atoms with Crippen molar-refractivity contribution in [2.24, 2.45) is 7.05 Å². The Balaban J connectivity index is 2.21. The number of nitrogens with zero attached hydrogens (tertiary/aromatic N) is 2. The van der Waals surface area contributed by atoms with Crippen LogP contribution in [0.5, 0.6) is 0 Å². The molecule has 0 atom stereocenters. The lowest BCUT2D eigenvalue weighted by molar-refractivity contribution is 0.436. The molecule has 16 heavy (non-hydrogen) atoms. The summed E-state index contributed by atoms with van der Waals surface area (Å²) in [4.78, 5) is 0. The van der Waals surface area contributed by atoms with Crippen molar-refractivity contribution in [2.45, 2.75) is 0 Å². The molecule has 1 aromatic carbocycles. The summed E-state index contributed by atoms with van der Waals surface area (Å²) in [6.07, 6.45) is 2.03. The Kier molecular flexibility index (Phi) is 1.77. The molecule has 4 heteroatoms. The minimum absolute atomic E-state index is 0.405. The Hall–Kier alpha value is -2.23. The second-order valence-electron chi connectivity index (χ2n) is 3.82. The third-order valence-electron chi connectivity index (χ3n) is 2.70. The molecule has 3 aromatic rings. The number of rotatable bonds is 1. The van der Waals surface area contributed by atoms with Crippen LogP contribution in [0.25, 0.3) is 22.2 Å². The highest BCUT2D eigenvalue weighted by Gasteiger charge is 2.06. The van der Waals surface area contributed by atoms with Gasteiger partial charge in [-0.25, -0.2) is 0 Å². The van der Waals surface area contributed by atoms with Crippen LogP contribution in [0, 0.1) is 0 Å². The van der Waals surface area contributed by atoms with E-state index in [0.717, 1.165) is 11.1 Å². The molecular weight excluding hydrogens is 202 g/mol. The Morgan fingerprint density at radius 2 is 2.12 bits per heavy atom. The molecule has 2 heterocycles. The van der Waals surface area contributed by atoms with E-state index in [1.165, 1.54) is 5.39 Å². The molecule has 0 radical (unpaired) electrons. The quantitative estimate of drug-likeness (QED) is 0.675. The molecule has 0 aliphatic heterocycles. The fourth-order valence-electron chi connectivity index (χ4n) is 1.84. The Morgan fingerprint density at radius 1 is 1.25 bits per heavy atom. The minimum atomic E-state index is 0.405. The lowest BCUT2D eigenvalue weighted by Crippen LogP contribution is -1.84. The van der Waals surface area contributed by atoms with E-state index in [0.29, 0.717) is 11.6 Å². The van der Waals surface area contributed by atoms with Gasteiger partial charge >= 0.3 is 0 Å². The van der Waals surface area contributed by atoms with Gasteiger partial charge in [0, 0.05) is 30.4 Å². The first kappa shape index (κ1) is 9.03. The molecule has 0 bridgehead atoms. The van der Waals surface area contributed by atoms with Crippen LogP contribution in [0.3, 0.4) is 0 Å². The molecule has 0 aliphatic carbocycles. The van der Waals surface area contributed by atoms with Gasteiger partial charge in [0.1, 0.15) is 0 Å². The highest BCUT2D eigenvalue weighted by atomic mass is 16.5. The fraction of sp³-hybridized carbons (Fsp3) is 0.0833. The maximum absolute atomic E-state index is 5.53. The van der Waals surface area contributed by atoms with Gasteiger partial charge in [-0.05, 0) is 17.5 Å². The van der Waals surface area contributed by atoms with E-state index in [-0.39, 0.29) is 0 Å². The van der Waals surface area contributed by atoms with Gasteiger partial charge < -0.3 is 14.8 Å². The van der Waals surface area contributed by atoms with Gasteiger partial charge in [0.25, 0.3) is 0 Å². The average molecular weight is 213 g/mol. The van der Waals surface area contributed by atoms with Crippen LogP contribution in [-0.4, -0.2) is 9.72 Å². The third kappa shape index (κ3) is 1.27. The molecule has 3 rings (SSSR count). The van der Waals surface area contributed by atoms with Gasteiger partial charge in [0.15, 0.2) is 11.6 Å². The second-order valence-corrected chi connectivity index (χ2v) is 3.82. The molecule has 0 saturated carbocycles. The molecule has 0 saturated heterocycles. The van der Waals surface area contributed by atoms with Gasteiger partial charge in [-0.2, -0.15) is 0 Å². The van der Waals surface area contributed by atoms with Crippen LogP contribution in [-0.2, 0) is 7.05 Å². The van der Waals surface area contributed by atoms with Crippen molar-refractivity contribution in [3.8, 4) is 11.3 Å². The summed E-state index contributed by atoms with van der Waals surface area (Å²) < 4.78 is 7.20. The second kappa shape index (κ2) is 3.13. The summed E-state index contributed by atoms with van der Waals surface area (Å²) >= 11 is 0. The van der Waals surface area contributed by atoms with Gasteiger partial charge in [0.2, 0.25) is 0 Å². The number of aryl methyl sites for hydroxylation is 1. The zero-order chi connectivity index (χ0) is 11.1. The van der Waals surface area contributed by atoms with E-state index >= 15 is 0 Å². The topological polar surface area (TPSA) is 57.0 Å². The summed E-state index contributed by atoms with van der Waals surface area (Å²) in [5.41, 5.74) is 7.67. The van der Waals surface area contributed by atoms with Crippen molar-refractivity contribution in [1.29, 1.82) is 0 Å². The first-order chi connectivity index (χ1) is 7.74. The Labute approximate surface area is 92.3 Å². The lowest BCUT2D eigenvalue weighted by atomic mass is 10.1. The van der Waals surface area contributed by atoms with E-state index in [9.17, 15) is 0 Å². The maximum atomic E-state index is 5.53. The molecule has 0 amide bonds. The normalized spacial score (nSPS) is 11.1. The van der Waals surface area contributed by atoms with Crippen LogP contribution in [0.15, 0.2) is 41.1 Å². The molecule has 4 nitrogen and oxygen atoms in total. The summed E-state index contributed by atoms with van der Waals surface area (Å²) in [6, 6.07) is 9.93. The third-order valence-corrected chi connectivity index (χ3v) is 2.70. The van der Waals surface area contributed by atoms with E-state index in [4.69, 9.17) is 10.3 Å². The Morgan fingerprint density at radius 3 is 2.88 bits per heavy atom. The lowest BCUT2D eigenvalue weighted by Gasteiger charge is -1.99. The predicted octanol–water partition coefficient (Wildman–Crippen LogP) is 2.42. The van der Waals surface area contributed by atoms with Gasteiger partial charge in [-0.15, -0.1) is 0 Å². The number of hydrogen-bond donors (Lipinski definition) is 1. The average Bonchev–Trinajstić information content (AvgIpc) is 2.86. The van der Waals surface area contributed by atoms with E-state index < -0.39 is 0 Å². The summed E-state index contributed by atoms with van der Waals surface area (Å²) in [7, 11) is 2.01.